The first-order chi connectivity index (χ1) is 10.1. The molecular weight excluding hydrogens is 334 g/mol. The highest BCUT2D eigenvalue weighted by Crippen LogP contribution is 2.23. The maximum Gasteiger partial charge on any atom is 0.173 e. The molecule has 1 aromatic rings. The van der Waals surface area contributed by atoms with Gasteiger partial charge in [-0.2, -0.15) is 5.10 Å². The summed E-state index contributed by atoms with van der Waals surface area (Å²) in [6.45, 7) is 13.2. The van der Waals surface area contributed by atoms with Crippen LogP contribution in [0.3, 0.4) is 0 Å². The zero-order chi connectivity index (χ0) is 15.8. The van der Waals surface area contributed by atoms with Crippen LogP contribution in [-0.2, 0) is 22.4 Å². The monoisotopic (exact) mass is 361 g/mol. The second-order valence-electron chi connectivity index (χ2n) is 4.81. The van der Waals surface area contributed by atoms with Crippen molar-refractivity contribution in [2.45, 2.75) is 59.9 Å². The number of aryl methyl sites for hydroxylation is 2. The van der Waals surface area contributed by atoms with Crippen LogP contribution >= 0.6 is 15.9 Å². The zero-order valence-electron chi connectivity index (χ0n) is 13.8. The normalized spacial score (nSPS) is 13.1. The Morgan fingerprint density at radius 3 is 2.29 bits per heavy atom. The molecule has 6 heteroatoms. The molecule has 122 valence electrons. The van der Waals surface area contributed by atoms with Crippen molar-refractivity contribution in [2.75, 3.05) is 19.8 Å². The topological polar surface area (TPSA) is 48.3 Å². The number of nitrogens with one attached hydrogen (secondary N) is 1. The van der Waals surface area contributed by atoms with Gasteiger partial charge in [-0.05, 0) is 50.2 Å². The first-order valence-corrected chi connectivity index (χ1v) is 8.56. The Kier molecular flexibility index (Phi) is 8.48. The number of rotatable bonds is 10. The SMILES string of the molecule is CCNC(Cc1c(Br)c(C)nn1CC)C(OCC)OCC. The lowest BCUT2D eigenvalue weighted by Crippen LogP contribution is -2.45. The van der Waals surface area contributed by atoms with E-state index in [2.05, 4.69) is 40.2 Å². The second kappa shape index (κ2) is 9.56. The van der Waals surface area contributed by atoms with E-state index in [0.29, 0.717) is 13.2 Å². The number of aromatic nitrogens is 2. The molecule has 1 heterocycles. The highest BCUT2D eigenvalue weighted by Gasteiger charge is 2.25. The predicted molar refractivity (Wildman–Crippen MR) is 88.5 cm³/mol. The first-order valence-electron chi connectivity index (χ1n) is 7.77. The van der Waals surface area contributed by atoms with Crippen LogP contribution < -0.4 is 5.32 Å². The Hall–Kier alpha value is -0.430. The van der Waals surface area contributed by atoms with Crippen LogP contribution in [0.25, 0.3) is 0 Å². The average Bonchev–Trinajstić information content (AvgIpc) is 2.74. The molecule has 0 aromatic carbocycles. The molecule has 0 bridgehead atoms. The molecule has 1 aromatic heterocycles. The minimum Gasteiger partial charge on any atom is -0.351 e. The quantitative estimate of drug-likeness (QED) is 0.651. The Morgan fingerprint density at radius 1 is 1.19 bits per heavy atom. The summed E-state index contributed by atoms with van der Waals surface area (Å²) in [5.74, 6) is 0. The Labute approximate surface area is 136 Å². The summed E-state index contributed by atoms with van der Waals surface area (Å²) in [5, 5.41) is 8.03. The third-order valence-corrected chi connectivity index (χ3v) is 4.35. The molecular formula is C15H28BrN3O2. The van der Waals surface area contributed by atoms with E-state index in [9.17, 15) is 0 Å². The van der Waals surface area contributed by atoms with Crippen molar-refractivity contribution in [2.24, 2.45) is 0 Å². The van der Waals surface area contributed by atoms with Crippen LogP contribution in [0.2, 0.25) is 0 Å². The summed E-state index contributed by atoms with van der Waals surface area (Å²) >= 11 is 3.66. The van der Waals surface area contributed by atoms with Crippen molar-refractivity contribution >= 4 is 15.9 Å². The summed E-state index contributed by atoms with van der Waals surface area (Å²) < 4.78 is 14.6. The van der Waals surface area contributed by atoms with Gasteiger partial charge in [0, 0.05) is 26.2 Å². The third kappa shape index (κ3) is 5.06. The largest absolute Gasteiger partial charge is 0.351 e. The van der Waals surface area contributed by atoms with Crippen molar-refractivity contribution in [3.63, 3.8) is 0 Å². The third-order valence-electron chi connectivity index (χ3n) is 3.32. The standard InChI is InChI=1S/C15H28BrN3O2/c1-6-17-12(15(20-8-3)21-9-4)10-13-14(16)11(5)18-19(13)7-2/h12,15,17H,6-10H2,1-5H3. The van der Waals surface area contributed by atoms with Gasteiger partial charge in [0.1, 0.15) is 0 Å². The van der Waals surface area contributed by atoms with Crippen molar-refractivity contribution in [3.8, 4) is 0 Å². The first kappa shape index (κ1) is 18.6. The minimum atomic E-state index is -0.243. The molecule has 0 saturated heterocycles. The van der Waals surface area contributed by atoms with Crippen LogP contribution in [0.15, 0.2) is 4.47 Å². The van der Waals surface area contributed by atoms with Gasteiger partial charge in [-0.3, -0.25) is 4.68 Å². The minimum absolute atomic E-state index is 0.104. The fourth-order valence-electron chi connectivity index (χ4n) is 2.41. The lowest BCUT2D eigenvalue weighted by atomic mass is 10.1. The van der Waals surface area contributed by atoms with E-state index in [1.54, 1.807) is 0 Å². The van der Waals surface area contributed by atoms with E-state index in [1.165, 1.54) is 5.69 Å². The van der Waals surface area contributed by atoms with Crippen LogP contribution in [0.5, 0.6) is 0 Å². The maximum absolute atomic E-state index is 5.76. The van der Waals surface area contributed by atoms with E-state index in [-0.39, 0.29) is 12.3 Å². The van der Waals surface area contributed by atoms with Gasteiger partial charge < -0.3 is 14.8 Å². The maximum atomic E-state index is 5.76. The number of halogens is 1. The highest BCUT2D eigenvalue weighted by atomic mass is 79.9. The van der Waals surface area contributed by atoms with E-state index in [4.69, 9.17) is 9.47 Å². The summed E-state index contributed by atoms with van der Waals surface area (Å²) in [5.41, 5.74) is 2.21. The van der Waals surface area contributed by atoms with Crippen LogP contribution in [-0.4, -0.2) is 41.9 Å². The molecule has 5 nitrogen and oxygen atoms in total. The fraction of sp³-hybridized carbons (Fsp3) is 0.800. The lowest BCUT2D eigenvalue weighted by molar-refractivity contribution is -0.153. The van der Waals surface area contributed by atoms with Gasteiger partial charge >= 0.3 is 0 Å². The van der Waals surface area contributed by atoms with E-state index in [0.717, 1.165) is 29.7 Å². The predicted octanol–water partition coefficient (Wildman–Crippen LogP) is 2.89. The van der Waals surface area contributed by atoms with Crippen molar-refractivity contribution in [3.05, 3.63) is 15.9 Å². The van der Waals surface area contributed by atoms with Gasteiger partial charge in [-0.1, -0.05) is 6.92 Å². The number of nitrogens with zero attached hydrogens (tertiary/aromatic N) is 2. The molecule has 1 atom stereocenters. The van der Waals surface area contributed by atoms with Crippen molar-refractivity contribution in [1.29, 1.82) is 0 Å². The molecule has 1 rings (SSSR count). The zero-order valence-corrected chi connectivity index (χ0v) is 15.4. The van der Waals surface area contributed by atoms with Crippen LogP contribution in [0.4, 0.5) is 0 Å². The van der Waals surface area contributed by atoms with Crippen molar-refractivity contribution < 1.29 is 9.47 Å². The number of likely N-dealkylation sites (N-methyl/N-ethyl adjacent to an activating group) is 1. The summed E-state index contributed by atoms with van der Waals surface area (Å²) in [6, 6.07) is 0.104. The smallest absolute Gasteiger partial charge is 0.173 e. The summed E-state index contributed by atoms with van der Waals surface area (Å²) in [7, 11) is 0. The lowest BCUT2D eigenvalue weighted by Gasteiger charge is -2.27. The molecule has 0 amide bonds. The number of hydrogen-bond donors (Lipinski definition) is 1. The molecule has 0 spiro atoms. The summed E-state index contributed by atoms with van der Waals surface area (Å²) in [6.07, 6.45) is 0.570. The van der Waals surface area contributed by atoms with E-state index < -0.39 is 0 Å². The van der Waals surface area contributed by atoms with Gasteiger partial charge in [-0.15, -0.1) is 0 Å². The molecule has 1 N–H and O–H groups in total. The van der Waals surface area contributed by atoms with Crippen LogP contribution in [0, 0.1) is 6.92 Å². The van der Waals surface area contributed by atoms with Gasteiger partial charge in [0.2, 0.25) is 0 Å². The van der Waals surface area contributed by atoms with E-state index >= 15 is 0 Å². The van der Waals surface area contributed by atoms with Crippen LogP contribution in [0.1, 0.15) is 39.1 Å². The Bertz CT molecular complexity index is 417. The Balaban J connectivity index is 2.95. The van der Waals surface area contributed by atoms with Gasteiger partial charge in [0.25, 0.3) is 0 Å². The highest BCUT2D eigenvalue weighted by molar-refractivity contribution is 9.10. The number of ether oxygens (including phenoxy) is 2. The van der Waals surface area contributed by atoms with Gasteiger partial charge in [-0.25, -0.2) is 0 Å². The number of hydrogen-bond acceptors (Lipinski definition) is 4. The molecule has 0 radical (unpaired) electrons. The summed E-state index contributed by atoms with van der Waals surface area (Å²) in [4.78, 5) is 0. The molecule has 1 unspecified atom stereocenters. The molecule has 0 saturated carbocycles. The van der Waals surface area contributed by atoms with Crippen molar-refractivity contribution in [1.82, 2.24) is 15.1 Å². The average molecular weight is 362 g/mol. The van der Waals surface area contributed by atoms with E-state index in [1.807, 2.05) is 25.5 Å². The second-order valence-corrected chi connectivity index (χ2v) is 5.60. The molecule has 0 aliphatic rings. The molecule has 0 aliphatic heterocycles. The van der Waals surface area contributed by atoms with Gasteiger partial charge in [0.05, 0.1) is 21.9 Å². The van der Waals surface area contributed by atoms with Gasteiger partial charge in [0.15, 0.2) is 6.29 Å². The Morgan fingerprint density at radius 2 is 1.81 bits per heavy atom. The molecule has 0 fully saturated rings. The molecule has 0 aliphatic carbocycles. The fourth-order valence-corrected chi connectivity index (χ4v) is 2.85. The molecule has 21 heavy (non-hydrogen) atoms.